The van der Waals surface area contributed by atoms with Crippen LogP contribution in [-0.2, 0) is 9.53 Å². The minimum absolute atomic E-state index is 0.0715. The number of hydrogen-bond acceptors (Lipinski definition) is 6. The van der Waals surface area contributed by atoms with Gasteiger partial charge in [-0.2, -0.15) is 0 Å². The lowest BCUT2D eigenvalue weighted by atomic mass is 10.1. The van der Waals surface area contributed by atoms with E-state index in [0.717, 1.165) is 37.7 Å². The van der Waals surface area contributed by atoms with E-state index in [9.17, 15) is 14.4 Å². The first-order valence-electron chi connectivity index (χ1n) is 10.4. The van der Waals surface area contributed by atoms with Crippen LogP contribution in [0.4, 0.5) is 4.79 Å². The van der Waals surface area contributed by atoms with Gasteiger partial charge >= 0.3 is 12.1 Å². The van der Waals surface area contributed by atoms with Crippen molar-refractivity contribution in [2.45, 2.75) is 45.4 Å². The summed E-state index contributed by atoms with van der Waals surface area (Å²) >= 11 is 0. The van der Waals surface area contributed by atoms with Gasteiger partial charge in [-0.1, -0.05) is 43.5 Å². The van der Waals surface area contributed by atoms with Crippen molar-refractivity contribution in [2.75, 3.05) is 6.61 Å². The molecule has 0 spiro atoms. The molecule has 0 aliphatic rings. The summed E-state index contributed by atoms with van der Waals surface area (Å²) in [5, 5.41) is 0. The van der Waals surface area contributed by atoms with Crippen LogP contribution < -0.4 is 9.47 Å². The minimum atomic E-state index is -0.786. The molecule has 0 N–H and O–H groups in total. The molecule has 31 heavy (non-hydrogen) atoms. The number of carbonyl (C=O) groups excluding carboxylic acids is 3. The molecule has 0 radical (unpaired) electrons. The first kappa shape index (κ1) is 23.9. The molecule has 0 aliphatic carbocycles. The van der Waals surface area contributed by atoms with Crippen molar-refractivity contribution in [1.82, 2.24) is 0 Å². The predicted octanol–water partition coefficient (Wildman–Crippen LogP) is 5.83. The third-order valence-electron chi connectivity index (χ3n) is 4.54. The first-order chi connectivity index (χ1) is 15.0. The Labute approximate surface area is 182 Å². The van der Waals surface area contributed by atoms with Gasteiger partial charge in [0.05, 0.1) is 12.2 Å². The Bertz CT molecular complexity index is 868. The number of carbonyl (C=O) groups is 3. The van der Waals surface area contributed by atoms with Crippen molar-refractivity contribution >= 4 is 17.9 Å². The average Bonchev–Trinajstić information content (AvgIpc) is 2.77. The van der Waals surface area contributed by atoms with Crippen LogP contribution in [-0.4, -0.2) is 24.5 Å². The predicted molar refractivity (Wildman–Crippen MR) is 117 cm³/mol. The highest BCUT2D eigenvalue weighted by Crippen LogP contribution is 2.17. The van der Waals surface area contributed by atoms with Gasteiger partial charge in [-0.05, 0) is 62.2 Å². The third-order valence-corrected chi connectivity index (χ3v) is 4.54. The number of aryl methyl sites for hydroxylation is 1. The molecule has 0 aliphatic heterocycles. The summed E-state index contributed by atoms with van der Waals surface area (Å²) in [6, 6.07) is 13.2. The highest BCUT2D eigenvalue weighted by molar-refractivity contribution is 5.91. The zero-order valence-electron chi connectivity index (χ0n) is 17.8. The van der Waals surface area contributed by atoms with E-state index in [1.165, 1.54) is 30.3 Å². The Hall–Kier alpha value is -3.41. The number of allylic oxidation sites excluding steroid dienone is 1. The minimum Gasteiger partial charge on any atom is -0.434 e. The highest BCUT2D eigenvalue weighted by Gasteiger charge is 2.11. The van der Waals surface area contributed by atoms with Crippen LogP contribution in [0.15, 0.2) is 61.2 Å². The number of esters is 1. The molecule has 6 nitrogen and oxygen atoms in total. The number of unbranched alkanes of at least 4 members (excludes halogenated alkanes) is 4. The molecule has 0 heterocycles. The Kier molecular flexibility index (Phi) is 10.0. The molecule has 164 valence electrons. The molecule has 2 aromatic carbocycles. The maximum absolute atomic E-state index is 12.2. The Balaban J connectivity index is 1.63. The molecular formula is C25H28O6. The van der Waals surface area contributed by atoms with Gasteiger partial charge in [0.1, 0.15) is 11.5 Å². The molecule has 0 atom stereocenters. The van der Waals surface area contributed by atoms with Gasteiger partial charge in [0, 0.05) is 6.42 Å². The van der Waals surface area contributed by atoms with E-state index in [-0.39, 0.29) is 18.1 Å². The Morgan fingerprint density at radius 1 is 0.806 bits per heavy atom. The van der Waals surface area contributed by atoms with E-state index in [1.54, 1.807) is 12.1 Å². The Morgan fingerprint density at radius 3 is 2.06 bits per heavy atom. The van der Waals surface area contributed by atoms with E-state index in [4.69, 9.17) is 14.2 Å². The highest BCUT2D eigenvalue weighted by atomic mass is 16.7. The van der Waals surface area contributed by atoms with Gasteiger partial charge in [-0.25, -0.2) is 9.59 Å². The molecule has 2 rings (SSSR count). The normalized spacial score (nSPS) is 10.2. The number of ether oxygens (including phenoxy) is 3. The van der Waals surface area contributed by atoms with Gasteiger partial charge in [0.2, 0.25) is 0 Å². The quantitative estimate of drug-likeness (QED) is 0.140. The summed E-state index contributed by atoms with van der Waals surface area (Å²) in [5.74, 6) is 0.322. The third kappa shape index (κ3) is 9.30. The first-order valence-corrected chi connectivity index (χ1v) is 10.4. The summed E-state index contributed by atoms with van der Waals surface area (Å²) < 4.78 is 15.5. The number of rotatable bonds is 12. The van der Waals surface area contributed by atoms with Crippen LogP contribution in [0.2, 0.25) is 0 Å². The lowest BCUT2D eigenvalue weighted by Gasteiger charge is -2.07. The largest absolute Gasteiger partial charge is 0.513 e. The van der Waals surface area contributed by atoms with Gasteiger partial charge < -0.3 is 14.2 Å². The van der Waals surface area contributed by atoms with Crippen LogP contribution in [0.5, 0.6) is 11.5 Å². The zero-order valence-corrected chi connectivity index (χ0v) is 17.8. The van der Waals surface area contributed by atoms with E-state index in [2.05, 4.69) is 6.58 Å². The van der Waals surface area contributed by atoms with E-state index in [0.29, 0.717) is 17.7 Å². The number of hydrogen-bond donors (Lipinski definition) is 0. The summed E-state index contributed by atoms with van der Waals surface area (Å²) in [6.45, 7) is 5.67. The van der Waals surface area contributed by atoms with Gasteiger partial charge in [-0.3, -0.25) is 4.79 Å². The molecule has 0 aromatic heterocycles. The van der Waals surface area contributed by atoms with Gasteiger partial charge in [0.15, 0.2) is 5.78 Å². The monoisotopic (exact) mass is 424 g/mol. The molecule has 0 saturated carbocycles. The van der Waals surface area contributed by atoms with Crippen LogP contribution in [0.3, 0.4) is 0 Å². The molecule has 2 aromatic rings. The molecular weight excluding hydrogens is 396 g/mol. The molecule has 0 unspecified atom stereocenters. The van der Waals surface area contributed by atoms with Crippen molar-refractivity contribution in [1.29, 1.82) is 0 Å². The van der Waals surface area contributed by atoms with Gasteiger partial charge in [-0.15, -0.1) is 0 Å². The van der Waals surface area contributed by atoms with Gasteiger partial charge in [0.25, 0.3) is 0 Å². The number of benzene rings is 2. The van der Waals surface area contributed by atoms with Crippen molar-refractivity contribution < 1.29 is 28.6 Å². The topological polar surface area (TPSA) is 78.9 Å². The van der Waals surface area contributed by atoms with Crippen molar-refractivity contribution in [2.24, 2.45) is 0 Å². The fraction of sp³-hybridized carbons (Fsp3) is 0.320. The fourth-order valence-corrected chi connectivity index (χ4v) is 2.75. The second kappa shape index (κ2) is 13.0. The zero-order chi connectivity index (χ0) is 22.5. The van der Waals surface area contributed by atoms with Crippen LogP contribution >= 0.6 is 0 Å². The summed E-state index contributed by atoms with van der Waals surface area (Å²) in [6.07, 6.45) is 5.53. The standard InChI is InChI=1S/C25H28O6/c1-3-21(26)9-7-5-4-6-8-18-29-25(28)31-23-16-12-20(13-17-23)24(27)30-22-14-10-19(2)11-15-22/h3,10-17H,1,4-9,18H2,2H3. The van der Waals surface area contributed by atoms with E-state index in [1.807, 2.05) is 19.1 Å². The summed E-state index contributed by atoms with van der Waals surface area (Å²) in [5.41, 5.74) is 1.42. The molecule has 0 saturated heterocycles. The second-order valence-corrected chi connectivity index (χ2v) is 7.12. The van der Waals surface area contributed by atoms with Crippen molar-refractivity contribution in [3.05, 3.63) is 72.3 Å². The molecule has 0 bridgehead atoms. The fourth-order valence-electron chi connectivity index (χ4n) is 2.75. The van der Waals surface area contributed by atoms with Crippen LogP contribution in [0, 0.1) is 6.92 Å². The average molecular weight is 424 g/mol. The van der Waals surface area contributed by atoms with Crippen LogP contribution in [0.1, 0.15) is 54.4 Å². The Morgan fingerprint density at radius 2 is 1.39 bits per heavy atom. The lowest BCUT2D eigenvalue weighted by molar-refractivity contribution is -0.114. The number of ketones is 1. The van der Waals surface area contributed by atoms with Crippen LogP contribution in [0.25, 0.3) is 0 Å². The van der Waals surface area contributed by atoms with Crippen molar-refractivity contribution in [3.8, 4) is 11.5 Å². The summed E-state index contributed by atoms with van der Waals surface area (Å²) in [7, 11) is 0. The van der Waals surface area contributed by atoms with E-state index < -0.39 is 12.1 Å². The lowest BCUT2D eigenvalue weighted by Crippen LogP contribution is -2.12. The summed E-state index contributed by atoms with van der Waals surface area (Å²) in [4.78, 5) is 35.0. The maximum atomic E-state index is 12.2. The van der Waals surface area contributed by atoms with Crippen molar-refractivity contribution in [3.63, 3.8) is 0 Å². The molecule has 0 amide bonds. The second-order valence-electron chi connectivity index (χ2n) is 7.12. The molecule has 0 fully saturated rings. The molecule has 6 heteroatoms. The SMILES string of the molecule is C=CC(=O)CCCCCCCOC(=O)Oc1ccc(C(=O)Oc2ccc(C)cc2)cc1. The van der Waals surface area contributed by atoms with E-state index >= 15 is 0 Å². The maximum Gasteiger partial charge on any atom is 0.513 e. The smallest absolute Gasteiger partial charge is 0.434 e.